The van der Waals surface area contributed by atoms with Crippen LogP contribution in [0, 0.1) is 20.8 Å². The summed E-state index contributed by atoms with van der Waals surface area (Å²) in [6.45, 7) is 8.69. The molecule has 1 aromatic carbocycles. The van der Waals surface area contributed by atoms with Crippen molar-refractivity contribution in [3.05, 3.63) is 52.6 Å². The second-order valence-corrected chi connectivity index (χ2v) is 8.97. The Morgan fingerprint density at radius 2 is 2.00 bits per heavy atom. The average molecular weight is 447 g/mol. The Morgan fingerprint density at radius 1 is 1.21 bits per heavy atom. The topological polar surface area (TPSA) is 114 Å². The van der Waals surface area contributed by atoms with Gasteiger partial charge < -0.3 is 25.8 Å². The van der Waals surface area contributed by atoms with Gasteiger partial charge in [0.2, 0.25) is 11.9 Å². The molecule has 0 saturated carbocycles. The Balaban J connectivity index is 1.47. The molecule has 0 bridgehead atoms. The predicted octanol–water partition coefficient (Wildman–Crippen LogP) is 2.43. The third-order valence-corrected chi connectivity index (χ3v) is 6.80. The van der Waals surface area contributed by atoms with Crippen LogP contribution in [-0.4, -0.2) is 44.6 Å². The van der Waals surface area contributed by atoms with Crippen molar-refractivity contribution in [1.82, 2.24) is 24.8 Å². The number of aryl methyl sites for hydroxylation is 2. The van der Waals surface area contributed by atoms with Gasteiger partial charge in [0.25, 0.3) is 0 Å². The van der Waals surface area contributed by atoms with E-state index in [1.165, 1.54) is 16.7 Å². The van der Waals surface area contributed by atoms with Gasteiger partial charge in [0.05, 0.1) is 11.9 Å². The molecule has 2 aliphatic rings. The molecule has 0 radical (unpaired) electrons. The predicted molar refractivity (Wildman–Crippen MR) is 128 cm³/mol. The number of carbonyl (C=O) groups excluding carboxylic acids is 1. The van der Waals surface area contributed by atoms with Crippen LogP contribution >= 0.6 is 0 Å². The minimum atomic E-state index is -0.320. The molecule has 4 heterocycles. The van der Waals surface area contributed by atoms with Gasteiger partial charge in [-0.25, -0.2) is 9.97 Å². The van der Waals surface area contributed by atoms with E-state index in [1.807, 2.05) is 10.8 Å². The molecule has 5 rings (SSSR count). The monoisotopic (exact) mass is 446 g/mol. The number of nitrogens with one attached hydrogen (secondary N) is 2. The highest BCUT2D eigenvalue weighted by atomic mass is 16.1. The minimum absolute atomic E-state index is 0.300. The fourth-order valence-corrected chi connectivity index (χ4v) is 4.75. The number of amides is 1. The number of fused-ring (bicyclic) bond motifs is 1. The summed E-state index contributed by atoms with van der Waals surface area (Å²) in [5.74, 6) is 1.65. The van der Waals surface area contributed by atoms with E-state index in [-0.39, 0.29) is 11.9 Å². The summed E-state index contributed by atoms with van der Waals surface area (Å²) < 4.78 is 1.99. The minimum Gasteiger partial charge on any atom is -0.368 e. The van der Waals surface area contributed by atoms with E-state index in [4.69, 9.17) is 15.7 Å². The quantitative estimate of drug-likeness (QED) is 0.551. The van der Waals surface area contributed by atoms with E-state index in [2.05, 4.69) is 53.4 Å². The molecule has 2 aliphatic heterocycles. The molecule has 1 fully saturated rings. The maximum Gasteiger partial charge on any atom is 0.240 e. The number of imidazole rings is 1. The van der Waals surface area contributed by atoms with Crippen molar-refractivity contribution in [2.75, 3.05) is 23.3 Å². The van der Waals surface area contributed by atoms with Crippen LogP contribution in [0.2, 0.25) is 0 Å². The van der Waals surface area contributed by atoms with Crippen molar-refractivity contribution >= 4 is 23.5 Å². The van der Waals surface area contributed by atoms with Gasteiger partial charge in [-0.15, -0.1) is 0 Å². The Hall–Kier alpha value is -3.46. The van der Waals surface area contributed by atoms with Crippen LogP contribution in [-0.2, 0) is 17.8 Å². The van der Waals surface area contributed by atoms with Gasteiger partial charge in [0.15, 0.2) is 5.82 Å². The van der Waals surface area contributed by atoms with Crippen LogP contribution in [0.4, 0.5) is 17.6 Å². The van der Waals surface area contributed by atoms with Gasteiger partial charge >= 0.3 is 0 Å². The smallest absolute Gasteiger partial charge is 0.240 e. The molecule has 9 nitrogen and oxygen atoms in total. The fraction of sp³-hybridized carbons (Fsp3) is 0.417. The van der Waals surface area contributed by atoms with E-state index >= 15 is 0 Å². The van der Waals surface area contributed by atoms with Gasteiger partial charge in [-0.3, -0.25) is 4.79 Å². The van der Waals surface area contributed by atoms with Crippen LogP contribution in [0.1, 0.15) is 40.8 Å². The molecule has 1 atom stereocenters. The molecule has 1 saturated heterocycles. The number of rotatable bonds is 5. The molecule has 33 heavy (non-hydrogen) atoms. The number of anilines is 3. The van der Waals surface area contributed by atoms with Crippen LogP contribution in [0.5, 0.6) is 0 Å². The molecule has 0 aliphatic carbocycles. The zero-order valence-corrected chi connectivity index (χ0v) is 19.4. The van der Waals surface area contributed by atoms with Crippen molar-refractivity contribution in [2.24, 2.45) is 5.73 Å². The molecular formula is C24H30N8O. The normalized spacial score (nSPS) is 17.8. The summed E-state index contributed by atoms with van der Waals surface area (Å²) in [6, 6.07) is 3.99. The zero-order valence-electron chi connectivity index (χ0n) is 19.4. The van der Waals surface area contributed by atoms with E-state index in [0.29, 0.717) is 18.3 Å². The first-order chi connectivity index (χ1) is 15.9. The number of hydrogen-bond acceptors (Lipinski definition) is 7. The van der Waals surface area contributed by atoms with Gasteiger partial charge in [-0.05, 0) is 75.4 Å². The standard InChI is InChI=1S/C24H30N8O/c1-14-9-17(10-15(2)16(14)3)31-12-21(27-13-31)29-24-28-19-11-26-7-6-18(19)23(30-24)32-8-4-5-20(32)22(25)33/h9-10,12-13,20,26H,4-8,11H2,1-3H3,(H2,25,33)(H,28,29,30). The fourth-order valence-electron chi connectivity index (χ4n) is 4.75. The van der Waals surface area contributed by atoms with E-state index in [9.17, 15) is 4.79 Å². The lowest BCUT2D eigenvalue weighted by atomic mass is 10.0. The highest BCUT2D eigenvalue weighted by Crippen LogP contribution is 2.31. The summed E-state index contributed by atoms with van der Waals surface area (Å²) in [5, 5.41) is 6.64. The number of carbonyl (C=O) groups is 1. The molecular weight excluding hydrogens is 416 g/mol. The first-order valence-electron chi connectivity index (χ1n) is 11.5. The van der Waals surface area contributed by atoms with Crippen LogP contribution in [0.25, 0.3) is 5.69 Å². The molecule has 0 spiro atoms. The SMILES string of the molecule is Cc1cc(-n2cnc(Nc3nc4c(c(N5CCCC5C(N)=O)n3)CCNC4)c2)cc(C)c1C. The average Bonchev–Trinajstić information content (AvgIpc) is 3.46. The highest BCUT2D eigenvalue weighted by molar-refractivity contribution is 5.84. The lowest BCUT2D eigenvalue weighted by Gasteiger charge is -2.28. The van der Waals surface area contributed by atoms with Crippen molar-refractivity contribution in [1.29, 1.82) is 0 Å². The number of nitrogens with two attached hydrogens (primary N) is 1. The lowest BCUT2D eigenvalue weighted by molar-refractivity contribution is -0.119. The summed E-state index contributed by atoms with van der Waals surface area (Å²) in [5.41, 5.74) is 12.6. The second-order valence-electron chi connectivity index (χ2n) is 8.97. The van der Waals surface area contributed by atoms with E-state index in [0.717, 1.165) is 55.1 Å². The van der Waals surface area contributed by atoms with Gasteiger partial charge in [-0.1, -0.05) is 0 Å². The number of hydrogen-bond donors (Lipinski definition) is 3. The number of nitrogens with zero attached hydrogens (tertiary/aromatic N) is 5. The van der Waals surface area contributed by atoms with Crippen LogP contribution < -0.4 is 21.3 Å². The third-order valence-electron chi connectivity index (χ3n) is 6.80. The summed E-state index contributed by atoms with van der Waals surface area (Å²) >= 11 is 0. The summed E-state index contributed by atoms with van der Waals surface area (Å²) in [7, 11) is 0. The number of benzene rings is 1. The molecule has 1 amide bonds. The third kappa shape index (κ3) is 4.04. The van der Waals surface area contributed by atoms with E-state index < -0.39 is 0 Å². The van der Waals surface area contributed by atoms with Gasteiger partial charge in [-0.2, -0.15) is 4.98 Å². The largest absolute Gasteiger partial charge is 0.368 e. The van der Waals surface area contributed by atoms with Crippen LogP contribution in [0.15, 0.2) is 24.7 Å². The van der Waals surface area contributed by atoms with Crippen molar-refractivity contribution < 1.29 is 4.79 Å². The summed E-state index contributed by atoms with van der Waals surface area (Å²) in [6.07, 6.45) is 6.23. The lowest BCUT2D eigenvalue weighted by Crippen LogP contribution is -2.42. The Bertz CT molecular complexity index is 1190. The Kier molecular flexibility index (Phi) is 5.49. The molecule has 2 aromatic heterocycles. The van der Waals surface area contributed by atoms with Gasteiger partial charge in [0, 0.05) is 24.3 Å². The molecule has 3 aromatic rings. The zero-order chi connectivity index (χ0) is 23.1. The molecule has 1 unspecified atom stereocenters. The Labute approximate surface area is 193 Å². The molecule has 9 heteroatoms. The van der Waals surface area contributed by atoms with Crippen molar-refractivity contribution in [2.45, 2.75) is 52.6 Å². The highest BCUT2D eigenvalue weighted by Gasteiger charge is 2.33. The summed E-state index contributed by atoms with van der Waals surface area (Å²) in [4.78, 5) is 28.2. The van der Waals surface area contributed by atoms with E-state index in [1.54, 1.807) is 6.33 Å². The van der Waals surface area contributed by atoms with Crippen molar-refractivity contribution in [3.63, 3.8) is 0 Å². The Morgan fingerprint density at radius 3 is 2.76 bits per heavy atom. The number of aromatic nitrogens is 4. The second kappa shape index (κ2) is 8.47. The first kappa shape index (κ1) is 21.4. The maximum absolute atomic E-state index is 12.0. The number of primary amides is 1. The van der Waals surface area contributed by atoms with Crippen LogP contribution in [0.3, 0.4) is 0 Å². The van der Waals surface area contributed by atoms with Gasteiger partial charge in [0.1, 0.15) is 18.2 Å². The van der Waals surface area contributed by atoms with Crippen molar-refractivity contribution in [3.8, 4) is 5.69 Å². The maximum atomic E-state index is 12.0. The molecule has 172 valence electrons. The first-order valence-corrected chi connectivity index (χ1v) is 11.5. The molecule has 4 N–H and O–H groups in total.